The normalized spacial score (nSPS) is 26.2. The number of ether oxygens (including phenoxy) is 1. The quantitative estimate of drug-likeness (QED) is 0.789. The zero-order valence-electron chi connectivity index (χ0n) is 15.2. The zero-order chi connectivity index (χ0) is 18.7. The van der Waals surface area contributed by atoms with Crippen LogP contribution in [0.4, 0.5) is 0 Å². The maximum absolute atomic E-state index is 11.7. The Hall–Kier alpha value is -2.12. The number of hydrogen-bond donors (Lipinski definition) is 2. The number of rotatable bonds is 5. The Morgan fingerprint density at radius 2 is 2.08 bits per heavy atom. The Morgan fingerprint density at radius 3 is 2.81 bits per heavy atom. The largest absolute Gasteiger partial charge is 0.484 e. The molecular weight excluding hydrogens is 334 g/mol. The molecule has 2 heterocycles. The molecule has 2 amide bonds. The molecule has 0 aromatic heterocycles. The summed E-state index contributed by atoms with van der Waals surface area (Å²) in [6.45, 7) is 5.02. The van der Waals surface area contributed by atoms with Gasteiger partial charge >= 0.3 is 0 Å². The lowest BCUT2D eigenvalue weighted by Crippen LogP contribution is -2.60. The summed E-state index contributed by atoms with van der Waals surface area (Å²) in [5.41, 5.74) is 5.53. The fourth-order valence-electron chi connectivity index (χ4n) is 3.95. The molecule has 142 valence electrons. The Morgan fingerprint density at radius 1 is 1.31 bits per heavy atom. The highest BCUT2D eigenvalue weighted by atomic mass is 16.5. The summed E-state index contributed by atoms with van der Waals surface area (Å²) in [6, 6.07) is 7.62. The second-order valence-electron chi connectivity index (χ2n) is 7.40. The van der Waals surface area contributed by atoms with Crippen molar-refractivity contribution in [2.24, 2.45) is 11.7 Å². The van der Waals surface area contributed by atoms with E-state index >= 15 is 0 Å². The molecule has 0 aliphatic carbocycles. The molecule has 2 aliphatic heterocycles. The van der Waals surface area contributed by atoms with E-state index in [0.717, 1.165) is 31.6 Å². The first-order chi connectivity index (χ1) is 12.4. The van der Waals surface area contributed by atoms with Crippen LogP contribution in [0, 0.1) is 5.92 Å². The van der Waals surface area contributed by atoms with Gasteiger partial charge in [0.25, 0.3) is 5.91 Å². The third-order valence-corrected chi connectivity index (χ3v) is 5.49. The number of nitrogens with two attached hydrogens (primary N) is 1. The molecule has 7 nitrogen and oxygen atoms in total. The maximum atomic E-state index is 11.7. The summed E-state index contributed by atoms with van der Waals surface area (Å²) in [4.78, 5) is 26.7. The molecule has 7 heteroatoms. The van der Waals surface area contributed by atoms with Crippen molar-refractivity contribution in [3.05, 3.63) is 29.8 Å². The number of carbonyl (C=O) groups excluding carboxylic acids is 2. The maximum Gasteiger partial charge on any atom is 0.255 e. The number of benzene rings is 1. The SMILES string of the molecule is CC(=O)N1CC[C@@]2(O)CCN(Cc3cccc(OCC(N)=O)c3)C[C@H]2C1. The van der Waals surface area contributed by atoms with Crippen LogP contribution in [0.1, 0.15) is 25.3 Å². The van der Waals surface area contributed by atoms with Crippen molar-refractivity contribution < 1.29 is 19.4 Å². The molecule has 3 N–H and O–H groups in total. The number of likely N-dealkylation sites (tertiary alicyclic amines) is 2. The molecule has 1 aromatic carbocycles. The van der Waals surface area contributed by atoms with E-state index < -0.39 is 11.5 Å². The topological polar surface area (TPSA) is 96.1 Å². The summed E-state index contributed by atoms with van der Waals surface area (Å²) in [6.07, 6.45) is 1.38. The summed E-state index contributed by atoms with van der Waals surface area (Å²) in [5.74, 6) is 0.264. The van der Waals surface area contributed by atoms with E-state index in [1.807, 2.05) is 23.1 Å². The third-order valence-electron chi connectivity index (χ3n) is 5.49. The summed E-state index contributed by atoms with van der Waals surface area (Å²) >= 11 is 0. The molecular formula is C19H27N3O4. The Bertz CT molecular complexity index is 681. The van der Waals surface area contributed by atoms with Gasteiger partial charge in [0.1, 0.15) is 5.75 Å². The van der Waals surface area contributed by atoms with Crippen LogP contribution >= 0.6 is 0 Å². The van der Waals surface area contributed by atoms with Crippen molar-refractivity contribution in [3.63, 3.8) is 0 Å². The van der Waals surface area contributed by atoms with Crippen LogP contribution in [0.3, 0.4) is 0 Å². The van der Waals surface area contributed by atoms with Crippen LogP contribution < -0.4 is 10.5 Å². The summed E-state index contributed by atoms with van der Waals surface area (Å²) < 4.78 is 5.36. The third kappa shape index (κ3) is 4.34. The second kappa shape index (κ2) is 7.63. The fourth-order valence-corrected chi connectivity index (χ4v) is 3.95. The van der Waals surface area contributed by atoms with Gasteiger partial charge in [-0.1, -0.05) is 12.1 Å². The van der Waals surface area contributed by atoms with Gasteiger partial charge in [0.2, 0.25) is 5.91 Å². The van der Waals surface area contributed by atoms with Gasteiger partial charge in [0.15, 0.2) is 6.61 Å². The lowest BCUT2D eigenvalue weighted by atomic mass is 9.75. The minimum absolute atomic E-state index is 0.0724. The molecule has 2 aliphatic rings. The lowest BCUT2D eigenvalue weighted by Gasteiger charge is -2.50. The number of primary amides is 1. The molecule has 0 spiro atoms. The van der Waals surface area contributed by atoms with E-state index in [-0.39, 0.29) is 18.4 Å². The van der Waals surface area contributed by atoms with Crippen LogP contribution in [0.15, 0.2) is 24.3 Å². The van der Waals surface area contributed by atoms with Gasteiger partial charge in [-0.15, -0.1) is 0 Å². The van der Waals surface area contributed by atoms with Gasteiger partial charge in [-0.3, -0.25) is 14.5 Å². The molecule has 2 fully saturated rings. The number of fused-ring (bicyclic) bond motifs is 1. The Balaban J connectivity index is 1.62. The number of amides is 2. The molecule has 0 radical (unpaired) electrons. The average molecular weight is 361 g/mol. The van der Waals surface area contributed by atoms with Gasteiger partial charge in [-0.25, -0.2) is 0 Å². The highest BCUT2D eigenvalue weighted by Gasteiger charge is 2.45. The lowest BCUT2D eigenvalue weighted by molar-refractivity contribution is -0.145. The molecule has 0 bridgehead atoms. The number of nitrogens with zero attached hydrogens (tertiary/aromatic N) is 2. The zero-order valence-corrected chi connectivity index (χ0v) is 15.2. The predicted octanol–water partition coefficient (Wildman–Crippen LogP) is 0.356. The van der Waals surface area contributed by atoms with Crippen molar-refractivity contribution in [2.75, 3.05) is 32.8 Å². The molecule has 2 atom stereocenters. The number of hydrogen-bond acceptors (Lipinski definition) is 5. The number of aliphatic hydroxyl groups is 1. The molecule has 1 aromatic rings. The van der Waals surface area contributed by atoms with E-state index in [2.05, 4.69) is 4.90 Å². The van der Waals surface area contributed by atoms with Crippen molar-refractivity contribution in [3.8, 4) is 5.75 Å². The summed E-state index contributed by atoms with van der Waals surface area (Å²) in [5, 5.41) is 10.9. The Kier molecular flexibility index (Phi) is 5.48. The first-order valence-corrected chi connectivity index (χ1v) is 9.06. The number of carbonyl (C=O) groups is 2. The van der Waals surface area contributed by atoms with Crippen LogP contribution in [-0.2, 0) is 16.1 Å². The van der Waals surface area contributed by atoms with Gasteiger partial charge < -0.3 is 20.5 Å². The molecule has 3 rings (SSSR count). The first-order valence-electron chi connectivity index (χ1n) is 9.06. The first kappa shape index (κ1) is 18.7. The standard InChI is InChI=1S/C19H27N3O4/c1-14(23)22-8-6-19(25)5-7-21(11-16(19)12-22)10-15-3-2-4-17(9-15)26-13-18(20)24/h2-4,9,16,25H,5-8,10-13H2,1H3,(H2,20,24)/t16-,19-/m0/s1. The van der Waals surface area contributed by atoms with Crippen LogP contribution in [0.2, 0.25) is 0 Å². The van der Waals surface area contributed by atoms with Gasteiger partial charge in [-0.05, 0) is 30.5 Å². The van der Waals surface area contributed by atoms with Gasteiger partial charge in [0.05, 0.1) is 5.60 Å². The van der Waals surface area contributed by atoms with Gasteiger partial charge in [-0.2, -0.15) is 0 Å². The fraction of sp³-hybridized carbons (Fsp3) is 0.579. The van der Waals surface area contributed by atoms with E-state index in [1.54, 1.807) is 13.0 Å². The smallest absolute Gasteiger partial charge is 0.255 e. The van der Waals surface area contributed by atoms with E-state index in [0.29, 0.717) is 25.3 Å². The van der Waals surface area contributed by atoms with Gasteiger partial charge in [0, 0.05) is 45.6 Å². The van der Waals surface area contributed by atoms with Crippen molar-refractivity contribution in [2.45, 2.75) is 31.9 Å². The van der Waals surface area contributed by atoms with E-state index in [1.165, 1.54) is 0 Å². The van der Waals surface area contributed by atoms with Crippen molar-refractivity contribution >= 4 is 11.8 Å². The highest BCUT2D eigenvalue weighted by Crippen LogP contribution is 2.36. The monoisotopic (exact) mass is 361 g/mol. The van der Waals surface area contributed by atoms with Crippen molar-refractivity contribution in [1.82, 2.24) is 9.80 Å². The highest BCUT2D eigenvalue weighted by molar-refractivity contribution is 5.75. The van der Waals surface area contributed by atoms with Crippen molar-refractivity contribution in [1.29, 1.82) is 0 Å². The predicted molar refractivity (Wildman–Crippen MR) is 96.3 cm³/mol. The Labute approximate surface area is 153 Å². The molecule has 0 unspecified atom stereocenters. The van der Waals surface area contributed by atoms with Crippen LogP contribution in [-0.4, -0.2) is 65.1 Å². The van der Waals surface area contributed by atoms with E-state index in [4.69, 9.17) is 10.5 Å². The molecule has 26 heavy (non-hydrogen) atoms. The van der Waals surface area contributed by atoms with Crippen LogP contribution in [0.5, 0.6) is 5.75 Å². The average Bonchev–Trinajstić information content (AvgIpc) is 2.60. The van der Waals surface area contributed by atoms with E-state index in [9.17, 15) is 14.7 Å². The molecule has 2 saturated heterocycles. The minimum atomic E-state index is -0.658. The second-order valence-corrected chi connectivity index (χ2v) is 7.40. The van der Waals surface area contributed by atoms with Crippen LogP contribution in [0.25, 0.3) is 0 Å². The number of piperidine rings is 2. The minimum Gasteiger partial charge on any atom is -0.484 e. The summed E-state index contributed by atoms with van der Waals surface area (Å²) in [7, 11) is 0. The molecule has 0 saturated carbocycles.